The highest BCUT2D eigenvalue weighted by Gasteiger charge is 2.62. The summed E-state index contributed by atoms with van der Waals surface area (Å²) in [6.45, 7) is 0.459. The Labute approximate surface area is 228 Å². The molecule has 39 heavy (non-hydrogen) atoms. The fourth-order valence-electron chi connectivity index (χ4n) is 4.48. The number of hydrogen-bond donors (Lipinski definition) is 1. The van der Waals surface area contributed by atoms with Crippen LogP contribution in [0, 0.1) is 6.92 Å². The first-order chi connectivity index (χ1) is 18.2. The van der Waals surface area contributed by atoms with Crippen molar-refractivity contribution in [3.05, 3.63) is 68.7 Å². The summed E-state index contributed by atoms with van der Waals surface area (Å²) in [7, 11) is 0. The van der Waals surface area contributed by atoms with Crippen molar-refractivity contribution in [1.29, 1.82) is 0 Å². The number of nitrogens with zero attached hydrogens (tertiary/aromatic N) is 2. The van der Waals surface area contributed by atoms with Crippen LogP contribution in [-0.2, 0) is 20.0 Å². The first-order valence-electron chi connectivity index (χ1n) is 11.5. The zero-order valence-electron chi connectivity index (χ0n) is 20.1. The Morgan fingerprint density at radius 3 is 2.44 bits per heavy atom. The molecule has 1 fully saturated rings. The Morgan fingerprint density at radius 2 is 1.85 bits per heavy atom. The summed E-state index contributed by atoms with van der Waals surface area (Å²) >= 11 is 11.8. The number of oxime groups is 1. The highest BCUT2D eigenvalue weighted by molar-refractivity contribution is 6.34. The normalized spacial score (nSPS) is 21.7. The van der Waals surface area contributed by atoms with Crippen molar-refractivity contribution in [2.24, 2.45) is 5.16 Å². The van der Waals surface area contributed by atoms with E-state index in [0.717, 1.165) is 12.1 Å². The molecule has 2 heterocycles. The summed E-state index contributed by atoms with van der Waals surface area (Å²) in [5.74, 6) is -2.40. The molecule has 1 saturated heterocycles. The van der Waals surface area contributed by atoms with Gasteiger partial charge in [-0.05, 0) is 54.8 Å². The Balaban J connectivity index is 1.53. The van der Waals surface area contributed by atoms with E-state index in [9.17, 15) is 36.3 Å². The zero-order chi connectivity index (χ0) is 28.7. The molecule has 7 nitrogen and oxygen atoms in total. The number of nitrogens with one attached hydrogen (secondary N) is 1. The van der Waals surface area contributed by atoms with Gasteiger partial charge in [-0.1, -0.05) is 34.4 Å². The van der Waals surface area contributed by atoms with Crippen molar-refractivity contribution < 1.29 is 41.2 Å². The van der Waals surface area contributed by atoms with Crippen LogP contribution < -0.4 is 5.32 Å². The van der Waals surface area contributed by atoms with Crippen LogP contribution in [0.25, 0.3) is 0 Å². The number of alkyl halides is 5. The monoisotopic (exact) mass is 591 g/mol. The van der Waals surface area contributed by atoms with Crippen molar-refractivity contribution in [3.8, 4) is 0 Å². The Morgan fingerprint density at radius 1 is 1.18 bits per heavy atom. The van der Waals surface area contributed by atoms with Crippen LogP contribution in [0.4, 0.5) is 22.0 Å². The van der Waals surface area contributed by atoms with Gasteiger partial charge in [0.2, 0.25) is 5.91 Å². The van der Waals surface area contributed by atoms with E-state index < -0.39 is 54.9 Å². The number of piperidine rings is 1. The van der Waals surface area contributed by atoms with Crippen molar-refractivity contribution >= 4 is 46.6 Å². The summed E-state index contributed by atoms with van der Waals surface area (Å²) in [6.07, 6.45) is -8.74. The number of rotatable bonds is 6. The molecule has 3 amide bonds. The van der Waals surface area contributed by atoms with Gasteiger partial charge in [0.15, 0.2) is 0 Å². The largest absolute Gasteiger partial charge is 0.435 e. The number of carbonyl (C=O) groups excluding carboxylic acids is 3. The van der Waals surface area contributed by atoms with E-state index >= 15 is 0 Å². The van der Waals surface area contributed by atoms with Crippen LogP contribution in [0.1, 0.15) is 46.3 Å². The second-order valence-electron chi connectivity index (χ2n) is 9.12. The molecule has 208 valence electrons. The van der Waals surface area contributed by atoms with Gasteiger partial charge >= 0.3 is 6.18 Å². The minimum absolute atomic E-state index is 0.0116. The third-order valence-corrected chi connectivity index (χ3v) is 6.89. The molecule has 1 unspecified atom stereocenters. The smallest absolute Gasteiger partial charge is 0.374 e. The number of imide groups is 1. The molecule has 14 heteroatoms. The molecule has 0 aromatic heterocycles. The molecule has 2 aliphatic heterocycles. The summed E-state index contributed by atoms with van der Waals surface area (Å²) in [4.78, 5) is 42.6. The second kappa shape index (κ2) is 10.7. The van der Waals surface area contributed by atoms with Crippen LogP contribution >= 0.6 is 23.2 Å². The van der Waals surface area contributed by atoms with Gasteiger partial charge in [-0.15, -0.1) is 0 Å². The van der Waals surface area contributed by atoms with E-state index in [1.165, 1.54) is 31.2 Å². The van der Waals surface area contributed by atoms with Crippen LogP contribution in [-0.4, -0.2) is 53.5 Å². The molecule has 0 aliphatic carbocycles. The van der Waals surface area contributed by atoms with Gasteiger partial charge in [-0.25, -0.2) is 8.78 Å². The van der Waals surface area contributed by atoms with Crippen molar-refractivity contribution in [2.75, 3.05) is 6.54 Å². The van der Waals surface area contributed by atoms with Gasteiger partial charge in [0, 0.05) is 34.0 Å². The quantitative estimate of drug-likeness (QED) is 0.360. The summed E-state index contributed by atoms with van der Waals surface area (Å²) in [5.41, 5.74) is -2.51. The predicted molar refractivity (Wildman–Crippen MR) is 131 cm³/mol. The highest BCUT2D eigenvalue weighted by Crippen LogP contribution is 2.49. The molecule has 1 N–H and O–H groups in total. The molecular weight excluding hydrogens is 572 g/mol. The fourth-order valence-corrected chi connectivity index (χ4v) is 5.01. The minimum Gasteiger partial charge on any atom is -0.374 e. The number of aryl methyl sites for hydroxylation is 1. The Bertz CT molecular complexity index is 1350. The molecule has 2 aromatic rings. The summed E-state index contributed by atoms with van der Waals surface area (Å²) in [6, 6.07) is 6.44. The zero-order valence-corrected chi connectivity index (χ0v) is 21.6. The van der Waals surface area contributed by atoms with E-state index in [1.807, 2.05) is 0 Å². The van der Waals surface area contributed by atoms with Crippen LogP contribution in [0.3, 0.4) is 0 Å². The third-order valence-electron chi connectivity index (χ3n) is 6.46. The Kier molecular flexibility index (Phi) is 7.91. The number of hydrogen-bond acceptors (Lipinski definition) is 5. The number of carbonyl (C=O) groups is 3. The van der Waals surface area contributed by atoms with Gasteiger partial charge < -0.3 is 10.2 Å². The van der Waals surface area contributed by atoms with Crippen LogP contribution in [0.2, 0.25) is 10.0 Å². The van der Waals surface area contributed by atoms with Crippen LogP contribution in [0.5, 0.6) is 0 Å². The maximum absolute atomic E-state index is 14.2. The van der Waals surface area contributed by atoms with E-state index in [-0.39, 0.29) is 45.3 Å². The number of amides is 3. The SMILES string of the molecule is Cc1cc(C2=NOC(c3cc(Cl)cc(Cl)c3)(C(F)(F)F)C2)ccc1C(=O)N[C@@H]1CCC(=O)N(CC(F)F)C1=O. The van der Waals surface area contributed by atoms with Gasteiger partial charge in [0.1, 0.15) is 6.04 Å². The van der Waals surface area contributed by atoms with Crippen molar-refractivity contribution in [2.45, 2.75) is 50.4 Å². The maximum atomic E-state index is 14.2. The second-order valence-corrected chi connectivity index (χ2v) is 9.99. The summed E-state index contributed by atoms with van der Waals surface area (Å²) < 4.78 is 68.3. The van der Waals surface area contributed by atoms with E-state index in [1.54, 1.807) is 0 Å². The minimum atomic E-state index is -4.88. The molecule has 0 saturated carbocycles. The Hall–Kier alpha value is -3.25. The maximum Gasteiger partial charge on any atom is 0.435 e. The lowest BCUT2D eigenvalue weighted by Gasteiger charge is -2.30. The number of halogens is 7. The molecular formula is C25H20Cl2F5N3O4. The molecule has 0 radical (unpaired) electrons. The topological polar surface area (TPSA) is 88.1 Å². The first kappa shape index (κ1) is 28.8. The van der Waals surface area contributed by atoms with Gasteiger partial charge in [0.05, 0.1) is 12.3 Å². The lowest BCUT2D eigenvalue weighted by atomic mass is 9.86. The third kappa shape index (κ3) is 5.72. The van der Waals surface area contributed by atoms with Crippen molar-refractivity contribution in [1.82, 2.24) is 10.2 Å². The highest BCUT2D eigenvalue weighted by atomic mass is 35.5. The van der Waals surface area contributed by atoms with E-state index in [0.29, 0.717) is 10.5 Å². The first-order valence-corrected chi connectivity index (χ1v) is 12.3. The molecule has 2 atom stereocenters. The van der Waals surface area contributed by atoms with Gasteiger partial charge in [-0.2, -0.15) is 13.2 Å². The average Bonchev–Trinajstić information content (AvgIpc) is 3.30. The standard InChI is InChI=1S/C25H20Cl2F5N3O4/c1-12-6-13(19-10-24(39-34-19,25(30,31)32)14-7-15(26)9-16(27)8-14)2-3-17(12)22(37)33-18-4-5-21(36)35(23(18)38)11-20(28)29/h2-3,6-9,18,20H,4-5,10-11H2,1H3,(H,33,37)/t18-,24?/m1/s1. The van der Waals surface area contributed by atoms with Crippen molar-refractivity contribution in [3.63, 3.8) is 0 Å². The van der Waals surface area contributed by atoms with Gasteiger partial charge in [-0.3, -0.25) is 19.3 Å². The number of benzene rings is 2. The molecule has 4 rings (SSSR count). The lowest BCUT2D eigenvalue weighted by molar-refractivity contribution is -0.275. The van der Waals surface area contributed by atoms with E-state index in [4.69, 9.17) is 28.0 Å². The molecule has 2 aromatic carbocycles. The number of likely N-dealkylation sites (tertiary alicyclic amines) is 1. The van der Waals surface area contributed by atoms with Gasteiger partial charge in [0.25, 0.3) is 23.8 Å². The van der Waals surface area contributed by atoms with E-state index in [2.05, 4.69) is 10.5 Å². The summed E-state index contributed by atoms with van der Waals surface area (Å²) in [5, 5.41) is 6.11. The predicted octanol–water partition coefficient (Wildman–Crippen LogP) is 5.40. The average molecular weight is 592 g/mol. The molecule has 2 aliphatic rings. The van der Waals surface area contributed by atoms with Crippen LogP contribution in [0.15, 0.2) is 41.6 Å². The molecule has 0 bridgehead atoms. The molecule has 0 spiro atoms. The fraction of sp³-hybridized carbons (Fsp3) is 0.360. The lowest BCUT2D eigenvalue weighted by Crippen LogP contribution is -2.55.